The van der Waals surface area contributed by atoms with E-state index in [9.17, 15) is 0 Å². The zero-order chi connectivity index (χ0) is 36.3. The summed E-state index contributed by atoms with van der Waals surface area (Å²) < 4.78 is 2.27. The van der Waals surface area contributed by atoms with E-state index in [1.54, 1.807) is 0 Å². The lowest BCUT2D eigenvalue weighted by Crippen LogP contribution is -2.15. The van der Waals surface area contributed by atoms with Crippen molar-refractivity contribution in [3.05, 3.63) is 204 Å². The van der Waals surface area contributed by atoms with Crippen molar-refractivity contribution < 1.29 is 0 Å². The zero-order valence-corrected chi connectivity index (χ0v) is 30.4. The molecule has 9 aromatic rings. The molecule has 3 heteroatoms. The highest BCUT2D eigenvalue weighted by molar-refractivity contribution is 6.10. The van der Waals surface area contributed by atoms with E-state index in [4.69, 9.17) is 9.98 Å². The van der Waals surface area contributed by atoms with Crippen LogP contribution in [0.3, 0.4) is 0 Å². The summed E-state index contributed by atoms with van der Waals surface area (Å²) in [6.07, 6.45) is 7.78. The number of aromatic nitrogens is 2. The third-order valence-corrected chi connectivity index (χ3v) is 11.7. The fourth-order valence-corrected chi connectivity index (χ4v) is 8.88. The molecule has 0 amide bonds. The van der Waals surface area contributed by atoms with E-state index in [1.807, 2.05) is 0 Å². The molecule has 0 spiro atoms. The molecule has 1 atom stereocenters. The van der Waals surface area contributed by atoms with Gasteiger partial charge in [-0.15, -0.1) is 0 Å². The first-order chi connectivity index (χ1) is 27.2. The van der Waals surface area contributed by atoms with Crippen molar-refractivity contribution in [2.75, 3.05) is 0 Å². The molecule has 0 radical (unpaired) electrons. The number of benzene rings is 7. The van der Waals surface area contributed by atoms with Crippen LogP contribution in [0, 0.1) is 5.92 Å². The van der Waals surface area contributed by atoms with E-state index in [0.29, 0.717) is 5.92 Å². The highest BCUT2D eigenvalue weighted by atomic mass is 15.0. The number of pyridine rings is 1. The van der Waals surface area contributed by atoms with Gasteiger partial charge >= 0.3 is 0 Å². The lowest BCUT2D eigenvalue weighted by molar-refractivity contribution is 0.642. The standard InChI is InChI=1S/C52H37N3/c1-3-11-36(12-4-1)42-28-25-38-23-24-41-31-39(26-29-48(41)53-51(38)45-17-9-7-15-43(42)45)34-19-21-35(22-20-34)40-27-30-49-50(32-40)55-33-47(37-13-5-2-6-14-37)44-16-8-10-18-46(44)52(55)54-49/h1-22,26-33,38H,23-25H2/t38-/m0/s1. The minimum Gasteiger partial charge on any atom is -0.298 e. The van der Waals surface area contributed by atoms with E-state index in [1.165, 1.54) is 72.3 Å². The maximum atomic E-state index is 5.44. The normalized spacial score (nSPS) is 15.1. The van der Waals surface area contributed by atoms with Crippen LogP contribution in [0.25, 0.3) is 66.4 Å². The Kier molecular flexibility index (Phi) is 7.44. The Morgan fingerprint density at radius 3 is 1.93 bits per heavy atom. The molecule has 3 nitrogen and oxygen atoms in total. The molecule has 3 heterocycles. The van der Waals surface area contributed by atoms with Crippen molar-refractivity contribution in [3.8, 4) is 33.4 Å². The Morgan fingerprint density at radius 2 is 1.15 bits per heavy atom. The predicted molar refractivity (Wildman–Crippen MR) is 229 cm³/mol. The predicted octanol–water partition coefficient (Wildman–Crippen LogP) is 13.2. The molecule has 0 bridgehead atoms. The molecule has 260 valence electrons. The molecular formula is C52H37N3. The van der Waals surface area contributed by atoms with Gasteiger partial charge in [-0.05, 0) is 99.0 Å². The SMILES string of the molecule is C1=C(c2ccccc2)c2ccccc2C2=Nc3ccc(-c4ccc(-c5ccc6nc7c8ccccc8c(-c8ccccc8)cn7c6c5)cc4)cc3CC[C@H]2C1. The van der Waals surface area contributed by atoms with Crippen LogP contribution in [-0.4, -0.2) is 15.1 Å². The Labute approximate surface area is 320 Å². The number of aryl methyl sites for hydroxylation is 1. The van der Waals surface area contributed by atoms with Gasteiger partial charge in [0.1, 0.15) is 5.65 Å². The Bertz CT molecular complexity index is 2990. The van der Waals surface area contributed by atoms with E-state index in [0.717, 1.165) is 47.0 Å². The van der Waals surface area contributed by atoms with Gasteiger partial charge in [0.25, 0.3) is 0 Å². The average Bonchev–Trinajstić information content (AvgIpc) is 3.42. The lowest BCUT2D eigenvalue weighted by atomic mass is 9.89. The monoisotopic (exact) mass is 703 g/mol. The number of fused-ring (bicyclic) bond motifs is 9. The second kappa shape index (κ2) is 12.9. The number of hydrogen-bond donors (Lipinski definition) is 0. The maximum Gasteiger partial charge on any atom is 0.145 e. The van der Waals surface area contributed by atoms with Gasteiger partial charge in [0.15, 0.2) is 0 Å². The summed E-state index contributed by atoms with van der Waals surface area (Å²) in [5.41, 5.74) is 19.1. The van der Waals surface area contributed by atoms with Crippen LogP contribution in [0.5, 0.6) is 0 Å². The van der Waals surface area contributed by atoms with Crippen LogP contribution < -0.4 is 0 Å². The lowest BCUT2D eigenvalue weighted by Gasteiger charge is -2.16. The highest BCUT2D eigenvalue weighted by Crippen LogP contribution is 2.40. The summed E-state index contributed by atoms with van der Waals surface area (Å²) in [6.45, 7) is 0. The molecule has 11 rings (SSSR count). The molecule has 0 fully saturated rings. The van der Waals surface area contributed by atoms with Gasteiger partial charge in [0.2, 0.25) is 0 Å². The fourth-order valence-electron chi connectivity index (χ4n) is 8.88. The fraction of sp³-hybridized carbons (Fsp3) is 0.0769. The van der Waals surface area contributed by atoms with E-state index >= 15 is 0 Å². The van der Waals surface area contributed by atoms with Crippen LogP contribution in [0.15, 0.2) is 187 Å². The van der Waals surface area contributed by atoms with Gasteiger partial charge in [-0.2, -0.15) is 0 Å². The van der Waals surface area contributed by atoms with Crippen molar-refractivity contribution in [1.82, 2.24) is 9.38 Å². The molecule has 0 unspecified atom stereocenters. The van der Waals surface area contributed by atoms with Crippen molar-refractivity contribution in [2.24, 2.45) is 10.9 Å². The minimum absolute atomic E-state index is 0.381. The van der Waals surface area contributed by atoms with E-state index in [-0.39, 0.29) is 0 Å². The quantitative estimate of drug-likeness (QED) is 0.179. The Hall–Kier alpha value is -6.84. The van der Waals surface area contributed by atoms with E-state index < -0.39 is 0 Å². The second-order valence-corrected chi connectivity index (χ2v) is 14.9. The summed E-state index contributed by atoms with van der Waals surface area (Å²) in [7, 11) is 0. The average molecular weight is 704 g/mol. The Morgan fingerprint density at radius 1 is 0.509 bits per heavy atom. The van der Waals surface area contributed by atoms with Gasteiger partial charge in [0, 0.05) is 28.6 Å². The molecule has 0 N–H and O–H groups in total. The van der Waals surface area contributed by atoms with Crippen LogP contribution in [0.4, 0.5) is 5.69 Å². The molecule has 0 saturated heterocycles. The molecule has 0 saturated carbocycles. The largest absolute Gasteiger partial charge is 0.298 e. The third-order valence-electron chi connectivity index (χ3n) is 11.7. The summed E-state index contributed by atoms with van der Waals surface area (Å²) in [5, 5.41) is 2.37. The van der Waals surface area contributed by atoms with Gasteiger partial charge in [0.05, 0.1) is 22.4 Å². The highest BCUT2D eigenvalue weighted by Gasteiger charge is 2.27. The number of allylic oxidation sites excluding steroid dienone is 1. The summed E-state index contributed by atoms with van der Waals surface area (Å²) in [4.78, 5) is 10.6. The molecular weight excluding hydrogens is 667 g/mol. The van der Waals surface area contributed by atoms with E-state index in [2.05, 4.69) is 187 Å². The number of hydrogen-bond acceptors (Lipinski definition) is 2. The summed E-state index contributed by atoms with van der Waals surface area (Å²) in [6, 6.07) is 61.4. The molecule has 55 heavy (non-hydrogen) atoms. The van der Waals surface area contributed by atoms with Crippen LogP contribution in [-0.2, 0) is 6.42 Å². The van der Waals surface area contributed by atoms with Crippen molar-refractivity contribution >= 4 is 44.4 Å². The topological polar surface area (TPSA) is 29.7 Å². The van der Waals surface area contributed by atoms with Crippen LogP contribution in [0.1, 0.15) is 35.1 Å². The molecule has 1 aliphatic carbocycles. The summed E-state index contributed by atoms with van der Waals surface area (Å²) >= 11 is 0. The smallest absolute Gasteiger partial charge is 0.145 e. The molecule has 2 aromatic heterocycles. The number of nitrogens with zero attached hydrogens (tertiary/aromatic N) is 3. The first-order valence-electron chi connectivity index (χ1n) is 19.3. The minimum atomic E-state index is 0.381. The zero-order valence-electron chi connectivity index (χ0n) is 30.4. The van der Waals surface area contributed by atoms with Crippen LogP contribution >= 0.6 is 0 Å². The third kappa shape index (κ3) is 5.42. The maximum absolute atomic E-state index is 5.44. The first kappa shape index (κ1) is 31.7. The summed E-state index contributed by atoms with van der Waals surface area (Å²) in [5.74, 6) is 0.381. The van der Waals surface area contributed by atoms with Gasteiger partial charge in [-0.25, -0.2) is 4.98 Å². The molecule has 2 aliphatic rings. The number of rotatable bonds is 4. The number of aliphatic imine (C=N–C) groups is 1. The van der Waals surface area contributed by atoms with Gasteiger partial charge < -0.3 is 0 Å². The van der Waals surface area contributed by atoms with Crippen molar-refractivity contribution in [2.45, 2.75) is 19.3 Å². The second-order valence-electron chi connectivity index (χ2n) is 14.9. The first-order valence-corrected chi connectivity index (χ1v) is 19.3. The molecule has 1 aliphatic heterocycles. The molecule has 7 aromatic carbocycles. The van der Waals surface area contributed by atoms with Gasteiger partial charge in [-0.3, -0.25) is 9.39 Å². The van der Waals surface area contributed by atoms with Gasteiger partial charge in [-0.1, -0.05) is 152 Å². The van der Waals surface area contributed by atoms with Crippen molar-refractivity contribution in [1.29, 1.82) is 0 Å². The number of imidazole rings is 1. The Balaban J connectivity index is 0.923. The van der Waals surface area contributed by atoms with Crippen LogP contribution in [0.2, 0.25) is 0 Å². The van der Waals surface area contributed by atoms with Crippen molar-refractivity contribution in [3.63, 3.8) is 0 Å².